The predicted molar refractivity (Wildman–Crippen MR) is 116 cm³/mol. The molecule has 1 saturated heterocycles. The molecule has 0 spiro atoms. The first-order valence-corrected chi connectivity index (χ1v) is 10.2. The van der Waals surface area contributed by atoms with Crippen molar-refractivity contribution in [2.75, 3.05) is 53.4 Å². The molecule has 1 atom stereocenters. The van der Waals surface area contributed by atoms with E-state index in [0.29, 0.717) is 13.1 Å². The van der Waals surface area contributed by atoms with Crippen LogP contribution in [-0.2, 0) is 4.79 Å². The third kappa shape index (κ3) is 7.45. The first kappa shape index (κ1) is 22.8. The zero-order valence-electron chi connectivity index (χ0n) is 18.3. The molecule has 0 saturated carbocycles. The Hall–Kier alpha value is -2.48. The maximum Gasteiger partial charge on any atom is 0.234 e. The standard InChI is InChI=1S/C21H35N5O3/c1-16(2)24-20(27)15-25-10-12-26(13-11-25)21(22-4)23-14-17(3)29-19-9-7-6-8-18(19)28-5/h6-9,16-17H,10-15H2,1-5H3,(H,22,23)(H,24,27). The van der Waals surface area contributed by atoms with Crippen LogP contribution in [0.4, 0.5) is 0 Å². The Labute approximate surface area is 174 Å². The molecule has 8 nitrogen and oxygen atoms in total. The van der Waals surface area contributed by atoms with Crippen molar-refractivity contribution < 1.29 is 14.3 Å². The van der Waals surface area contributed by atoms with Gasteiger partial charge in [-0.25, -0.2) is 0 Å². The van der Waals surface area contributed by atoms with Gasteiger partial charge in [0.15, 0.2) is 17.5 Å². The van der Waals surface area contributed by atoms with Gasteiger partial charge in [0, 0.05) is 39.3 Å². The van der Waals surface area contributed by atoms with Gasteiger partial charge in [-0.1, -0.05) is 12.1 Å². The summed E-state index contributed by atoms with van der Waals surface area (Å²) in [6.07, 6.45) is -0.0518. The van der Waals surface area contributed by atoms with E-state index in [4.69, 9.17) is 9.47 Å². The highest BCUT2D eigenvalue weighted by Gasteiger charge is 2.21. The Balaban J connectivity index is 1.77. The molecule has 1 heterocycles. The van der Waals surface area contributed by atoms with Gasteiger partial charge < -0.3 is 25.0 Å². The third-order valence-electron chi connectivity index (χ3n) is 4.65. The van der Waals surface area contributed by atoms with Crippen LogP contribution in [0, 0.1) is 0 Å². The average Bonchev–Trinajstić information content (AvgIpc) is 2.69. The average molecular weight is 406 g/mol. The number of hydrogen-bond donors (Lipinski definition) is 2. The van der Waals surface area contributed by atoms with E-state index in [1.54, 1.807) is 14.2 Å². The number of amides is 1. The van der Waals surface area contributed by atoms with E-state index in [2.05, 4.69) is 25.4 Å². The lowest BCUT2D eigenvalue weighted by Crippen LogP contribution is -2.55. The number of aliphatic imine (C=N–C) groups is 1. The van der Waals surface area contributed by atoms with Crippen molar-refractivity contribution >= 4 is 11.9 Å². The monoisotopic (exact) mass is 405 g/mol. The first-order chi connectivity index (χ1) is 13.9. The van der Waals surface area contributed by atoms with Gasteiger partial charge in [0.05, 0.1) is 20.2 Å². The molecule has 0 bridgehead atoms. The van der Waals surface area contributed by atoms with Gasteiger partial charge >= 0.3 is 0 Å². The van der Waals surface area contributed by atoms with Crippen molar-refractivity contribution in [2.24, 2.45) is 4.99 Å². The van der Waals surface area contributed by atoms with Crippen LogP contribution in [0.1, 0.15) is 20.8 Å². The van der Waals surface area contributed by atoms with Crippen molar-refractivity contribution in [3.63, 3.8) is 0 Å². The van der Waals surface area contributed by atoms with Crippen LogP contribution in [0.15, 0.2) is 29.3 Å². The van der Waals surface area contributed by atoms with E-state index in [9.17, 15) is 4.79 Å². The van der Waals surface area contributed by atoms with Crippen LogP contribution in [0.25, 0.3) is 0 Å². The second-order valence-electron chi connectivity index (χ2n) is 7.49. The topological polar surface area (TPSA) is 78.4 Å². The van der Waals surface area contributed by atoms with Crippen LogP contribution in [0.2, 0.25) is 0 Å². The summed E-state index contributed by atoms with van der Waals surface area (Å²) >= 11 is 0. The molecule has 1 amide bonds. The lowest BCUT2D eigenvalue weighted by molar-refractivity contribution is -0.123. The van der Waals surface area contributed by atoms with Crippen LogP contribution in [0.3, 0.4) is 0 Å². The summed E-state index contributed by atoms with van der Waals surface area (Å²) in [6, 6.07) is 7.81. The molecule has 1 unspecified atom stereocenters. The fourth-order valence-electron chi connectivity index (χ4n) is 3.23. The normalized spacial score (nSPS) is 16.5. The number of ether oxygens (including phenoxy) is 2. The summed E-state index contributed by atoms with van der Waals surface area (Å²) in [5.74, 6) is 2.39. The van der Waals surface area contributed by atoms with E-state index < -0.39 is 0 Å². The van der Waals surface area contributed by atoms with E-state index in [0.717, 1.165) is 43.6 Å². The van der Waals surface area contributed by atoms with Crippen LogP contribution in [-0.4, -0.2) is 87.2 Å². The molecule has 1 aromatic carbocycles. The highest BCUT2D eigenvalue weighted by Crippen LogP contribution is 2.26. The number of carbonyl (C=O) groups excluding carboxylic acids is 1. The minimum absolute atomic E-state index is 0.0518. The lowest BCUT2D eigenvalue weighted by Gasteiger charge is -2.36. The zero-order chi connectivity index (χ0) is 21.2. The van der Waals surface area contributed by atoms with Gasteiger partial charge in [-0.2, -0.15) is 0 Å². The second kappa shape index (κ2) is 11.5. The fourth-order valence-corrected chi connectivity index (χ4v) is 3.23. The van der Waals surface area contributed by atoms with Gasteiger partial charge in [-0.05, 0) is 32.9 Å². The van der Waals surface area contributed by atoms with Crippen molar-refractivity contribution in [3.05, 3.63) is 24.3 Å². The van der Waals surface area contributed by atoms with E-state index in [1.165, 1.54) is 0 Å². The number of nitrogens with one attached hydrogen (secondary N) is 2. The Morgan fingerprint density at radius 3 is 2.38 bits per heavy atom. The minimum Gasteiger partial charge on any atom is -0.493 e. The molecule has 0 aromatic heterocycles. The number of guanidine groups is 1. The molecule has 1 fully saturated rings. The fraction of sp³-hybridized carbons (Fsp3) is 0.619. The summed E-state index contributed by atoms with van der Waals surface area (Å²) in [7, 11) is 3.43. The molecule has 1 aromatic rings. The van der Waals surface area contributed by atoms with E-state index in [-0.39, 0.29) is 18.1 Å². The molecule has 8 heteroatoms. The minimum atomic E-state index is -0.0518. The molecular formula is C21H35N5O3. The highest BCUT2D eigenvalue weighted by molar-refractivity contribution is 5.80. The number of methoxy groups -OCH3 is 1. The van der Waals surface area contributed by atoms with Crippen LogP contribution in [0.5, 0.6) is 11.5 Å². The van der Waals surface area contributed by atoms with Crippen LogP contribution < -0.4 is 20.1 Å². The number of nitrogens with zero attached hydrogens (tertiary/aromatic N) is 3. The molecule has 0 radical (unpaired) electrons. The number of benzene rings is 1. The second-order valence-corrected chi connectivity index (χ2v) is 7.49. The first-order valence-electron chi connectivity index (χ1n) is 10.2. The quantitative estimate of drug-likeness (QED) is 0.500. The molecule has 1 aliphatic heterocycles. The van der Waals surface area contributed by atoms with Crippen molar-refractivity contribution in [1.82, 2.24) is 20.4 Å². The molecule has 1 aliphatic rings. The third-order valence-corrected chi connectivity index (χ3v) is 4.65. The van der Waals surface area contributed by atoms with Crippen molar-refractivity contribution in [3.8, 4) is 11.5 Å². The number of piperazine rings is 1. The van der Waals surface area contributed by atoms with Gasteiger partial charge in [0.1, 0.15) is 6.10 Å². The zero-order valence-corrected chi connectivity index (χ0v) is 18.3. The number of carbonyl (C=O) groups is 1. The lowest BCUT2D eigenvalue weighted by atomic mass is 10.3. The number of rotatable bonds is 8. The van der Waals surface area contributed by atoms with Gasteiger partial charge in [-0.3, -0.25) is 14.7 Å². The molecule has 162 valence electrons. The van der Waals surface area contributed by atoms with Crippen molar-refractivity contribution in [2.45, 2.75) is 32.9 Å². The molecule has 2 rings (SSSR count). The maximum absolute atomic E-state index is 11.9. The molecule has 0 aliphatic carbocycles. The van der Waals surface area contributed by atoms with Gasteiger partial charge in [0.2, 0.25) is 5.91 Å². The predicted octanol–water partition coefficient (Wildman–Crippen LogP) is 1.18. The Kier molecular flexibility index (Phi) is 9.05. The summed E-state index contributed by atoms with van der Waals surface area (Å²) in [4.78, 5) is 20.7. The Morgan fingerprint density at radius 2 is 1.79 bits per heavy atom. The smallest absolute Gasteiger partial charge is 0.234 e. The van der Waals surface area contributed by atoms with Gasteiger partial charge in [0.25, 0.3) is 0 Å². The molecule has 29 heavy (non-hydrogen) atoms. The largest absolute Gasteiger partial charge is 0.493 e. The maximum atomic E-state index is 11.9. The van der Waals surface area contributed by atoms with Crippen molar-refractivity contribution in [1.29, 1.82) is 0 Å². The number of hydrogen-bond acceptors (Lipinski definition) is 5. The summed E-state index contributed by atoms with van der Waals surface area (Å²) in [6.45, 7) is 10.4. The summed E-state index contributed by atoms with van der Waals surface area (Å²) in [5, 5.41) is 6.33. The Bertz CT molecular complexity index is 672. The van der Waals surface area contributed by atoms with E-state index in [1.807, 2.05) is 45.0 Å². The van der Waals surface area contributed by atoms with E-state index >= 15 is 0 Å². The molecular weight excluding hydrogens is 370 g/mol. The summed E-state index contributed by atoms with van der Waals surface area (Å²) in [5.41, 5.74) is 0. The number of para-hydroxylation sites is 2. The Morgan fingerprint density at radius 1 is 1.14 bits per heavy atom. The van der Waals surface area contributed by atoms with Crippen LogP contribution >= 0.6 is 0 Å². The van der Waals surface area contributed by atoms with Gasteiger partial charge in [-0.15, -0.1) is 0 Å². The summed E-state index contributed by atoms with van der Waals surface area (Å²) < 4.78 is 11.3. The highest BCUT2D eigenvalue weighted by atomic mass is 16.5. The SMILES string of the molecule is CN=C(NCC(C)Oc1ccccc1OC)N1CCN(CC(=O)NC(C)C)CC1. The molecule has 2 N–H and O–H groups in total.